The molecule has 26 heavy (non-hydrogen) atoms. The standard InChI is InChI=1S/C19H21N5O2/c1-12-9-13(5-6-20-12)15-4-3-14(10-17(15)25-2)23-19-22-11-16-18(24-19)26-8-7-21-16/h3-6,9-11,19,21,23-24H,7-8H2,1-2H3. The van der Waals surface area contributed by atoms with Gasteiger partial charge in [-0.15, -0.1) is 0 Å². The molecule has 0 saturated heterocycles. The number of allylic oxidation sites excluding steroid dienone is 1. The third kappa shape index (κ3) is 3.28. The van der Waals surface area contributed by atoms with Gasteiger partial charge >= 0.3 is 0 Å². The van der Waals surface area contributed by atoms with E-state index in [0.29, 0.717) is 6.61 Å². The summed E-state index contributed by atoms with van der Waals surface area (Å²) >= 11 is 0. The number of nitrogens with zero attached hydrogens (tertiary/aromatic N) is 2. The van der Waals surface area contributed by atoms with E-state index in [2.05, 4.69) is 25.9 Å². The van der Waals surface area contributed by atoms with Crippen molar-refractivity contribution in [2.45, 2.75) is 13.2 Å². The maximum absolute atomic E-state index is 5.63. The van der Waals surface area contributed by atoms with Crippen LogP contribution in [-0.4, -0.2) is 37.7 Å². The van der Waals surface area contributed by atoms with Crippen LogP contribution in [-0.2, 0) is 4.74 Å². The molecule has 1 aromatic carbocycles. The highest BCUT2D eigenvalue weighted by Crippen LogP contribution is 2.32. The zero-order valence-electron chi connectivity index (χ0n) is 14.7. The maximum atomic E-state index is 5.63. The molecule has 7 nitrogen and oxygen atoms in total. The minimum absolute atomic E-state index is 0.299. The summed E-state index contributed by atoms with van der Waals surface area (Å²) in [5.74, 6) is 1.51. The van der Waals surface area contributed by atoms with Crippen molar-refractivity contribution in [3.8, 4) is 16.9 Å². The molecule has 7 heteroatoms. The summed E-state index contributed by atoms with van der Waals surface area (Å²) in [5, 5.41) is 9.81. The van der Waals surface area contributed by atoms with Gasteiger partial charge in [0.05, 0.1) is 13.3 Å². The Morgan fingerprint density at radius 3 is 3.04 bits per heavy atom. The van der Waals surface area contributed by atoms with Crippen molar-refractivity contribution in [2.24, 2.45) is 4.99 Å². The molecule has 3 heterocycles. The number of hydrogen-bond acceptors (Lipinski definition) is 7. The monoisotopic (exact) mass is 351 g/mol. The Morgan fingerprint density at radius 1 is 1.27 bits per heavy atom. The van der Waals surface area contributed by atoms with Crippen LogP contribution in [0, 0.1) is 6.92 Å². The third-order valence-electron chi connectivity index (χ3n) is 4.24. The van der Waals surface area contributed by atoms with Gasteiger partial charge in [-0.1, -0.05) is 0 Å². The predicted molar refractivity (Wildman–Crippen MR) is 101 cm³/mol. The molecule has 4 rings (SSSR count). The van der Waals surface area contributed by atoms with Gasteiger partial charge in [0.2, 0.25) is 5.88 Å². The molecule has 0 fully saturated rings. The van der Waals surface area contributed by atoms with E-state index in [-0.39, 0.29) is 6.29 Å². The van der Waals surface area contributed by atoms with Crippen LogP contribution in [0.15, 0.2) is 53.1 Å². The molecule has 2 aliphatic rings. The zero-order chi connectivity index (χ0) is 17.9. The van der Waals surface area contributed by atoms with Crippen molar-refractivity contribution in [1.82, 2.24) is 15.6 Å². The molecule has 0 amide bonds. The van der Waals surface area contributed by atoms with Gasteiger partial charge in [0, 0.05) is 35.8 Å². The highest BCUT2D eigenvalue weighted by molar-refractivity contribution is 5.80. The molecule has 134 valence electrons. The van der Waals surface area contributed by atoms with Crippen molar-refractivity contribution < 1.29 is 9.47 Å². The summed E-state index contributed by atoms with van der Waals surface area (Å²) in [6, 6.07) is 10.0. The van der Waals surface area contributed by atoms with Crippen LogP contribution in [0.25, 0.3) is 11.1 Å². The average molecular weight is 351 g/mol. The van der Waals surface area contributed by atoms with Gasteiger partial charge in [-0.05, 0) is 36.8 Å². The zero-order valence-corrected chi connectivity index (χ0v) is 14.7. The van der Waals surface area contributed by atoms with Crippen LogP contribution >= 0.6 is 0 Å². The lowest BCUT2D eigenvalue weighted by Crippen LogP contribution is -2.43. The molecular formula is C19H21N5O2. The first kappa shape index (κ1) is 16.3. The molecule has 0 aliphatic carbocycles. The Bertz CT molecular complexity index is 878. The number of hydrogen-bond donors (Lipinski definition) is 3. The summed E-state index contributed by atoms with van der Waals surface area (Å²) in [4.78, 5) is 8.71. The van der Waals surface area contributed by atoms with Gasteiger partial charge in [-0.25, -0.2) is 4.99 Å². The summed E-state index contributed by atoms with van der Waals surface area (Å²) in [7, 11) is 1.67. The Balaban J connectivity index is 1.53. The molecule has 1 unspecified atom stereocenters. The summed E-state index contributed by atoms with van der Waals surface area (Å²) in [6.45, 7) is 3.40. The fraction of sp³-hybridized carbons (Fsp3) is 0.263. The topological polar surface area (TPSA) is 79.8 Å². The number of aromatic nitrogens is 1. The van der Waals surface area contributed by atoms with E-state index >= 15 is 0 Å². The van der Waals surface area contributed by atoms with Crippen molar-refractivity contribution >= 4 is 11.9 Å². The van der Waals surface area contributed by atoms with Crippen LogP contribution in [0.2, 0.25) is 0 Å². The van der Waals surface area contributed by atoms with Gasteiger partial charge in [0.15, 0.2) is 6.29 Å². The lowest BCUT2D eigenvalue weighted by molar-refractivity contribution is 0.166. The summed E-state index contributed by atoms with van der Waals surface area (Å²) < 4.78 is 11.2. The third-order valence-corrected chi connectivity index (χ3v) is 4.24. The number of nitrogens with one attached hydrogen (secondary N) is 3. The van der Waals surface area contributed by atoms with Crippen LogP contribution in [0.5, 0.6) is 5.75 Å². The molecule has 0 saturated carbocycles. The average Bonchev–Trinajstić information content (AvgIpc) is 2.68. The lowest BCUT2D eigenvalue weighted by atomic mass is 10.0. The first-order valence-electron chi connectivity index (χ1n) is 8.51. The molecular weight excluding hydrogens is 330 g/mol. The minimum atomic E-state index is -0.299. The highest BCUT2D eigenvalue weighted by atomic mass is 16.5. The molecule has 0 bridgehead atoms. The van der Waals surface area contributed by atoms with Crippen LogP contribution in [0.3, 0.4) is 0 Å². The lowest BCUT2D eigenvalue weighted by Gasteiger charge is -2.28. The van der Waals surface area contributed by atoms with E-state index in [0.717, 1.165) is 46.4 Å². The highest BCUT2D eigenvalue weighted by Gasteiger charge is 2.20. The van der Waals surface area contributed by atoms with E-state index in [1.807, 2.05) is 37.3 Å². The molecule has 3 N–H and O–H groups in total. The second-order valence-corrected chi connectivity index (χ2v) is 6.09. The minimum Gasteiger partial charge on any atom is -0.496 e. The number of anilines is 1. The van der Waals surface area contributed by atoms with Crippen molar-refractivity contribution in [2.75, 3.05) is 25.6 Å². The molecule has 2 aromatic rings. The molecule has 1 atom stereocenters. The number of methoxy groups -OCH3 is 1. The number of aryl methyl sites for hydroxylation is 1. The fourth-order valence-corrected chi connectivity index (χ4v) is 2.99. The summed E-state index contributed by atoms with van der Waals surface area (Å²) in [5.41, 5.74) is 4.85. The van der Waals surface area contributed by atoms with Crippen molar-refractivity contribution in [3.63, 3.8) is 0 Å². The fourth-order valence-electron chi connectivity index (χ4n) is 2.99. The second-order valence-electron chi connectivity index (χ2n) is 6.09. The molecule has 2 aliphatic heterocycles. The van der Waals surface area contributed by atoms with E-state index in [1.165, 1.54) is 0 Å². The Hall–Kier alpha value is -3.22. The number of ether oxygens (including phenoxy) is 2. The van der Waals surface area contributed by atoms with E-state index in [1.54, 1.807) is 19.5 Å². The smallest absolute Gasteiger partial charge is 0.215 e. The van der Waals surface area contributed by atoms with Gasteiger partial charge < -0.3 is 25.4 Å². The van der Waals surface area contributed by atoms with Gasteiger partial charge in [-0.2, -0.15) is 0 Å². The quantitative estimate of drug-likeness (QED) is 0.784. The van der Waals surface area contributed by atoms with E-state index < -0.39 is 0 Å². The number of rotatable bonds is 4. The van der Waals surface area contributed by atoms with Crippen molar-refractivity contribution in [1.29, 1.82) is 0 Å². The first-order valence-corrected chi connectivity index (χ1v) is 8.51. The Morgan fingerprint density at radius 2 is 2.19 bits per heavy atom. The number of aliphatic imine (C=N–C) groups is 1. The largest absolute Gasteiger partial charge is 0.496 e. The van der Waals surface area contributed by atoms with Gasteiger partial charge in [-0.3, -0.25) is 4.98 Å². The molecule has 0 spiro atoms. The van der Waals surface area contributed by atoms with Gasteiger partial charge in [0.1, 0.15) is 18.1 Å². The van der Waals surface area contributed by atoms with Gasteiger partial charge in [0.25, 0.3) is 0 Å². The van der Waals surface area contributed by atoms with E-state index in [4.69, 9.17) is 9.47 Å². The maximum Gasteiger partial charge on any atom is 0.215 e. The summed E-state index contributed by atoms with van der Waals surface area (Å²) in [6.07, 6.45) is 3.29. The Labute approximate surface area is 152 Å². The SMILES string of the molecule is COc1cc(NC2N=CC3=C(N2)OCCN3)ccc1-c1ccnc(C)c1. The van der Waals surface area contributed by atoms with E-state index in [9.17, 15) is 0 Å². The second kappa shape index (κ2) is 6.95. The van der Waals surface area contributed by atoms with Crippen LogP contribution < -0.4 is 20.7 Å². The van der Waals surface area contributed by atoms with Crippen molar-refractivity contribution in [3.05, 3.63) is 53.8 Å². The number of pyridine rings is 1. The predicted octanol–water partition coefficient (Wildman–Crippen LogP) is 2.22. The molecule has 1 aromatic heterocycles. The van der Waals surface area contributed by atoms with Crippen LogP contribution in [0.1, 0.15) is 5.69 Å². The number of benzene rings is 1. The Kier molecular flexibility index (Phi) is 4.35. The normalized spacial score (nSPS) is 18.3. The molecule has 0 radical (unpaired) electrons. The first-order chi connectivity index (χ1) is 12.7. The van der Waals surface area contributed by atoms with Crippen LogP contribution in [0.4, 0.5) is 5.69 Å².